The van der Waals surface area contributed by atoms with Crippen molar-refractivity contribution in [3.05, 3.63) is 24.3 Å². The van der Waals surface area contributed by atoms with E-state index in [1.165, 1.54) is 167 Å². The molecule has 0 fully saturated rings. The molecule has 6 nitrogen and oxygen atoms in total. The van der Waals surface area contributed by atoms with Crippen LogP contribution in [0.1, 0.15) is 284 Å². The van der Waals surface area contributed by atoms with Gasteiger partial charge in [-0.25, -0.2) is 0 Å². The molecule has 0 aliphatic carbocycles. The lowest BCUT2D eigenvalue weighted by molar-refractivity contribution is -0.151. The van der Waals surface area contributed by atoms with E-state index in [4.69, 9.17) is 4.74 Å². The Kier molecular flexibility index (Phi) is 47.0. The summed E-state index contributed by atoms with van der Waals surface area (Å²) in [5, 5.41) is 23.8. The zero-order valence-electron chi connectivity index (χ0n) is 40.4. The maximum Gasteiger partial charge on any atom is 0.306 e. The van der Waals surface area contributed by atoms with E-state index in [0.29, 0.717) is 19.3 Å². The predicted molar refractivity (Wildman–Crippen MR) is 260 cm³/mol. The van der Waals surface area contributed by atoms with Crippen molar-refractivity contribution < 1.29 is 24.5 Å². The summed E-state index contributed by atoms with van der Waals surface area (Å²) in [4.78, 5) is 26.1. The fourth-order valence-electron chi connectivity index (χ4n) is 8.19. The van der Waals surface area contributed by atoms with Crippen LogP contribution in [0.5, 0.6) is 0 Å². The SMILES string of the molecule is CCC/C=C\CCCCCCCC(=O)OC(CCCCC/C=C/CCCCCCCCCCC)CC(=O)NC(CO)C(O)CCCCCCCCCCCCCCCCC. The van der Waals surface area contributed by atoms with E-state index in [1.807, 2.05) is 0 Å². The first-order valence-corrected chi connectivity index (χ1v) is 26.6. The van der Waals surface area contributed by atoms with E-state index in [2.05, 4.69) is 50.4 Å². The molecule has 0 heterocycles. The number of nitrogens with one attached hydrogen (secondary N) is 1. The Morgan fingerprint density at radius 3 is 1.27 bits per heavy atom. The summed E-state index contributed by atoms with van der Waals surface area (Å²) in [6.07, 6.45) is 55.3. The molecule has 0 aliphatic heterocycles. The highest BCUT2D eigenvalue weighted by atomic mass is 16.5. The van der Waals surface area contributed by atoms with E-state index in [-0.39, 0.29) is 24.9 Å². The molecule has 0 saturated heterocycles. The standard InChI is InChI=1S/C54H103NO5/c1-4-7-10-13-16-19-22-24-26-28-29-31-33-36-39-42-45-50(60-54(59)47-44-41-38-35-21-18-15-12-9-6-3)48-53(58)55-51(49-56)52(57)46-43-40-37-34-32-30-27-25-23-20-17-14-11-8-5-2/h12,15,29,31,50-52,56-57H,4-11,13-14,16-28,30,32-49H2,1-3H3,(H,55,58)/b15-12-,31-29+. The molecule has 354 valence electrons. The van der Waals surface area contributed by atoms with Crippen molar-refractivity contribution >= 4 is 11.9 Å². The van der Waals surface area contributed by atoms with Crippen LogP contribution in [0.3, 0.4) is 0 Å². The third kappa shape index (κ3) is 43.0. The minimum absolute atomic E-state index is 0.0676. The first kappa shape index (κ1) is 58.3. The Labute approximate surface area is 373 Å². The summed E-state index contributed by atoms with van der Waals surface area (Å²) in [6.45, 7) is 6.44. The zero-order valence-corrected chi connectivity index (χ0v) is 40.4. The number of amides is 1. The van der Waals surface area contributed by atoms with Gasteiger partial charge in [0.15, 0.2) is 0 Å². The third-order valence-electron chi connectivity index (χ3n) is 12.2. The number of hydrogen-bond donors (Lipinski definition) is 3. The van der Waals surface area contributed by atoms with Crippen LogP contribution in [0.2, 0.25) is 0 Å². The van der Waals surface area contributed by atoms with Crippen molar-refractivity contribution in [2.24, 2.45) is 0 Å². The maximum absolute atomic E-state index is 13.2. The van der Waals surface area contributed by atoms with Gasteiger partial charge in [0, 0.05) is 6.42 Å². The van der Waals surface area contributed by atoms with E-state index >= 15 is 0 Å². The molecule has 3 unspecified atom stereocenters. The van der Waals surface area contributed by atoms with Gasteiger partial charge in [0.25, 0.3) is 0 Å². The van der Waals surface area contributed by atoms with E-state index in [1.54, 1.807) is 0 Å². The molecule has 0 aromatic heterocycles. The number of ether oxygens (including phenoxy) is 1. The Hall–Kier alpha value is -1.66. The molecule has 60 heavy (non-hydrogen) atoms. The average molecular weight is 846 g/mol. The zero-order chi connectivity index (χ0) is 43.8. The van der Waals surface area contributed by atoms with Crippen molar-refractivity contribution in [3.8, 4) is 0 Å². The van der Waals surface area contributed by atoms with E-state index < -0.39 is 18.2 Å². The first-order chi connectivity index (χ1) is 29.5. The summed E-state index contributed by atoms with van der Waals surface area (Å²) in [6, 6.07) is -0.704. The molecule has 0 saturated carbocycles. The number of unbranched alkanes of at least 4 members (excludes halogenated alkanes) is 32. The molecule has 0 aromatic rings. The van der Waals surface area contributed by atoms with Crippen molar-refractivity contribution in [2.75, 3.05) is 6.61 Å². The van der Waals surface area contributed by atoms with Gasteiger partial charge in [0.2, 0.25) is 5.91 Å². The summed E-state index contributed by atoms with van der Waals surface area (Å²) in [5.74, 6) is -0.489. The molecule has 0 aliphatic rings. The molecule has 0 rings (SSSR count). The molecule has 3 N–H and O–H groups in total. The maximum atomic E-state index is 13.2. The van der Waals surface area contributed by atoms with Gasteiger partial charge in [0.05, 0.1) is 25.2 Å². The quantitative estimate of drug-likeness (QED) is 0.0322. The van der Waals surface area contributed by atoms with Crippen LogP contribution < -0.4 is 5.32 Å². The molecular formula is C54H103NO5. The number of esters is 1. The molecule has 6 heteroatoms. The van der Waals surface area contributed by atoms with Crippen molar-refractivity contribution in [1.29, 1.82) is 0 Å². The van der Waals surface area contributed by atoms with Crippen LogP contribution in [0.15, 0.2) is 24.3 Å². The number of hydrogen-bond acceptors (Lipinski definition) is 5. The summed E-state index contributed by atoms with van der Waals surface area (Å²) in [5.41, 5.74) is 0. The smallest absolute Gasteiger partial charge is 0.306 e. The second kappa shape index (κ2) is 48.4. The Morgan fingerprint density at radius 1 is 0.467 bits per heavy atom. The molecule has 0 spiro atoms. The van der Waals surface area contributed by atoms with Gasteiger partial charge < -0.3 is 20.3 Å². The highest BCUT2D eigenvalue weighted by Crippen LogP contribution is 2.18. The van der Waals surface area contributed by atoms with Crippen LogP contribution in [-0.2, 0) is 14.3 Å². The Balaban J connectivity index is 4.53. The van der Waals surface area contributed by atoms with Crippen molar-refractivity contribution in [1.82, 2.24) is 5.32 Å². The molecule has 0 bridgehead atoms. The molecular weight excluding hydrogens is 743 g/mol. The minimum atomic E-state index is -0.789. The minimum Gasteiger partial charge on any atom is -0.462 e. The van der Waals surface area contributed by atoms with Gasteiger partial charge >= 0.3 is 5.97 Å². The monoisotopic (exact) mass is 846 g/mol. The van der Waals surface area contributed by atoms with E-state index in [9.17, 15) is 19.8 Å². The number of allylic oxidation sites excluding steroid dienone is 4. The fraction of sp³-hybridized carbons (Fsp3) is 0.889. The first-order valence-electron chi connectivity index (χ1n) is 26.6. The van der Waals surface area contributed by atoms with Gasteiger partial charge in [-0.05, 0) is 70.6 Å². The normalized spacial score (nSPS) is 13.3. The van der Waals surface area contributed by atoms with Crippen LogP contribution in [0.25, 0.3) is 0 Å². The summed E-state index contributed by atoms with van der Waals surface area (Å²) < 4.78 is 5.92. The van der Waals surface area contributed by atoms with Crippen LogP contribution in [0, 0.1) is 0 Å². The predicted octanol–water partition coefficient (Wildman–Crippen LogP) is 15.9. The largest absolute Gasteiger partial charge is 0.462 e. The molecule has 3 atom stereocenters. The highest BCUT2D eigenvalue weighted by molar-refractivity contribution is 5.77. The average Bonchev–Trinajstić information content (AvgIpc) is 3.24. The van der Waals surface area contributed by atoms with Crippen LogP contribution in [0.4, 0.5) is 0 Å². The topological polar surface area (TPSA) is 95.9 Å². The number of aliphatic hydroxyl groups is 2. The van der Waals surface area contributed by atoms with Gasteiger partial charge in [-0.15, -0.1) is 0 Å². The highest BCUT2D eigenvalue weighted by Gasteiger charge is 2.24. The van der Waals surface area contributed by atoms with Gasteiger partial charge in [-0.2, -0.15) is 0 Å². The van der Waals surface area contributed by atoms with Gasteiger partial charge in [0.1, 0.15) is 6.10 Å². The molecule has 0 radical (unpaired) electrons. The van der Waals surface area contributed by atoms with Crippen molar-refractivity contribution in [2.45, 2.75) is 302 Å². The summed E-state index contributed by atoms with van der Waals surface area (Å²) >= 11 is 0. The number of carbonyl (C=O) groups is 2. The van der Waals surface area contributed by atoms with Gasteiger partial charge in [-0.1, -0.05) is 225 Å². The number of carbonyl (C=O) groups excluding carboxylic acids is 2. The van der Waals surface area contributed by atoms with Crippen LogP contribution in [-0.4, -0.2) is 46.9 Å². The summed E-state index contributed by atoms with van der Waals surface area (Å²) in [7, 11) is 0. The van der Waals surface area contributed by atoms with Crippen molar-refractivity contribution in [3.63, 3.8) is 0 Å². The Bertz CT molecular complexity index is 950. The molecule has 1 amide bonds. The second-order valence-corrected chi connectivity index (χ2v) is 18.3. The number of rotatable bonds is 48. The van der Waals surface area contributed by atoms with Gasteiger partial charge in [-0.3, -0.25) is 9.59 Å². The fourth-order valence-corrected chi connectivity index (χ4v) is 8.19. The second-order valence-electron chi connectivity index (χ2n) is 18.3. The lowest BCUT2D eigenvalue weighted by Gasteiger charge is -2.24. The Morgan fingerprint density at radius 2 is 0.833 bits per heavy atom. The lowest BCUT2D eigenvalue weighted by atomic mass is 10.0. The third-order valence-corrected chi connectivity index (χ3v) is 12.2. The number of aliphatic hydroxyl groups excluding tert-OH is 2. The lowest BCUT2D eigenvalue weighted by Crippen LogP contribution is -2.46. The van der Waals surface area contributed by atoms with Crippen LogP contribution >= 0.6 is 0 Å². The molecule has 0 aromatic carbocycles. The van der Waals surface area contributed by atoms with E-state index in [0.717, 1.165) is 70.6 Å².